The fourth-order valence-electron chi connectivity index (χ4n) is 2.27. The second kappa shape index (κ2) is 5.29. The monoisotopic (exact) mass is 278 g/mol. The lowest BCUT2D eigenvalue weighted by atomic mass is 10.00. The van der Waals surface area contributed by atoms with Crippen molar-refractivity contribution in [1.29, 1.82) is 5.26 Å². The van der Waals surface area contributed by atoms with Crippen LogP contribution in [0.4, 0.5) is 0 Å². The minimum absolute atomic E-state index is 0.224. The number of ether oxygens (including phenoxy) is 1. The van der Waals surface area contributed by atoms with Gasteiger partial charge in [-0.2, -0.15) is 5.26 Å². The minimum Gasteiger partial charge on any atom is -0.496 e. The zero-order valence-electron chi connectivity index (χ0n) is 11.8. The van der Waals surface area contributed by atoms with Gasteiger partial charge in [-0.3, -0.25) is 0 Å². The van der Waals surface area contributed by atoms with Crippen LogP contribution in [0.15, 0.2) is 46.9 Å². The van der Waals surface area contributed by atoms with Crippen LogP contribution in [-0.4, -0.2) is 12.1 Å². The molecule has 0 aliphatic rings. The Kier molecular flexibility index (Phi) is 3.33. The second-order valence-corrected chi connectivity index (χ2v) is 4.79. The van der Waals surface area contributed by atoms with Crippen molar-refractivity contribution in [3.05, 3.63) is 48.0 Å². The molecule has 0 bridgehead atoms. The number of fused-ring (bicyclic) bond motifs is 1. The average Bonchev–Trinajstić information content (AvgIpc) is 2.97. The van der Waals surface area contributed by atoms with Crippen LogP contribution in [-0.2, 0) is 0 Å². The third-order valence-corrected chi connectivity index (χ3v) is 3.43. The molecule has 21 heavy (non-hydrogen) atoms. The molecule has 0 fully saturated rings. The first-order chi connectivity index (χ1) is 10.2. The zero-order chi connectivity index (χ0) is 14.8. The molecular formula is C17H14N2O2. The first-order valence-corrected chi connectivity index (χ1v) is 6.66. The Labute approximate surface area is 122 Å². The van der Waals surface area contributed by atoms with Gasteiger partial charge in [0.25, 0.3) is 0 Å². The lowest BCUT2D eigenvalue weighted by molar-refractivity contribution is 0.409. The average molecular weight is 278 g/mol. The number of methoxy groups -OCH3 is 1. The van der Waals surface area contributed by atoms with Crippen LogP contribution in [0.2, 0.25) is 0 Å². The quantitative estimate of drug-likeness (QED) is 0.722. The summed E-state index contributed by atoms with van der Waals surface area (Å²) in [6.07, 6.45) is 0. The van der Waals surface area contributed by atoms with E-state index in [1.807, 2.05) is 49.4 Å². The summed E-state index contributed by atoms with van der Waals surface area (Å²) < 4.78 is 11.1. The number of para-hydroxylation sites is 2. The smallest absolute Gasteiger partial charge is 0.227 e. The van der Waals surface area contributed by atoms with Gasteiger partial charge in [0.2, 0.25) is 5.89 Å². The molecule has 3 aromatic rings. The lowest BCUT2D eigenvalue weighted by Crippen LogP contribution is -1.96. The lowest BCUT2D eigenvalue weighted by Gasteiger charge is -2.10. The van der Waals surface area contributed by atoms with Gasteiger partial charge < -0.3 is 9.15 Å². The fourth-order valence-corrected chi connectivity index (χ4v) is 2.27. The van der Waals surface area contributed by atoms with Crippen LogP contribution in [0.5, 0.6) is 5.75 Å². The Bertz CT molecular complexity index is 797. The van der Waals surface area contributed by atoms with Crippen LogP contribution < -0.4 is 4.74 Å². The molecular weight excluding hydrogens is 264 g/mol. The van der Waals surface area contributed by atoms with Crippen LogP contribution in [0.1, 0.15) is 18.4 Å². The molecule has 0 saturated heterocycles. The Morgan fingerprint density at radius 2 is 2.05 bits per heavy atom. The van der Waals surface area contributed by atoms with Crippen molar-refractivity contribution < 1.29 is 9.15 Å². The highest BCUT2D eigenvalue weighted by molar-refractivity contribution is 5.76. The van der Waals surface area contributed by atoms with E-state index >= 15 is 0 Å². The maximum atomic E-state index is 9.05. The molecule has 1 heterocycles. The van der Waals surface area contributed by atoms with Gasteiger partial charge in [0.05, 0.1) is 19.1 Å². The predicted molar refractivity (Wildman–Crippen MR) is 80.0 cm³/mol. The van der Waals surface area contributed by atoms with Gasteiger partial charge in [-0.1, -0.05) is 18.2 Å². The van der Waals surface area contributed by atoms with E-state index in [4.69, 9.17) is 14.4 Å². The van der Waals surface area contributed by atoms with Gasteiger partial charge in [-0.05, 0) is 31.2 Å². The van der Waals surface area contributed by atoms with Crippen molar-refractivity contribution in [1.82, 2.24) is 4.98 Å². The van der Waals surface area contributed by atoms with Crippen molar-refractivity contribution >= 4 is 11.1 Å². The predicted octanol–water partition coefficient (Wildman–Crippen LogP) is 4.13. The summed E-state index contributed by atoms with van der Waals surface area (Å²) >= 11 is 0. The van der Waals surface area contributed by atoms with Crippen LogP contribution in [0.3, 0.4) is 0 Å². The van der Waals surface area contributed by atoms with E-state index < -0.39 is 0 Å². The molecule has 4 heteroatoms. The number of benzene rings is 2. The van der Waals surface area contributed by atoms with Crippen molar-refractivity contribution in [2.75, 3.05) is 7.11 Å². The topological polar surface area (TPSA) is 59.1 Å². The summed E-state index contributed by atoms with van der Waals surface area (Å²) in [6, 6.07) is 15.5. The molecule has 2 aromatic carbocycles. The van der Waals surface area contributed by atoms with Crippen LogP contribution in [0, 0.1) is 11.3 Å². The summed E-state index contributed by atoms with van der Waals surface area (Å²) in [5.41, 5.74) is 3.26. The molecule has 3 rings (SSSR count). The highest BCUT2D eigenvalue weighted by Crippen LogP contribution is 2.32. The first kappa shape index (κ1) is 13.2. The van der Waals surface area contributed by atoms with Gasteiger partial charge in [-0.15, -0.1) is 0 Å². The van der Waals surface area contributed by atoms with Crippen molar-refractivity contribution in [2.24, 2.45) is 0 Å². The van der Waals surface area contributed by atoms with Gasteiger partial charge in [0.1, 0.15) is 11.3 Å². The third-order valence-electron chi connectivity index (χ3n) is 3.43. The molecule has 4 nitrogen and oxygen atoms in total. The summed E-state index contributed by atoms with van der Waals surface area (Å²) in [6.45, 7) is 1.84. The number of rotatable bonds is 3. The van der Waals surface area contributed by atoms with Gasteiger partial charge in [-0.25, -0.2) is 4.98 Å². The minimum atomic E-state index is -0.224. The van der Waals surface area contributed by atoms with Crippen LogP contribution in [0.25, 0.3) is 22.6 Å². The number of hydrogen-bond acceptors (Lipinski definition) is 4. The van der Waals surface area contributed by atoms with Crippen molar-refractivity contribution in [3.63, 3.8) is 0 Å². The molecule has 1 atom stereocenters. The maximum Gasteiger partial charge on any atom is 0.227 e. The summed E-state index contributed by atoms with van der Waals surface area (Å²) in [7, 11) is 1.60. The van der Waals surface area contributed by atoms with E-state index in [1.165, 1.54) is 0 Å². The van der Waals surface area contributed by atoms with E-state index in [9.17, 15) is 0 Å². The number of oxazole rings is 1. The zero-order valence-corrected chi connectivity index (χ0v) is 11.8. The van der Waals surface area contributed by atoms with Gasteiger partial charge >= 0.3 is 0 Å². The number of hydrogen-bond donors (Lipinski definition) is 0. The largest absolute Gasteiger partial charge is 0.496 e. The highest BCUT2D eigenvalue weighted by atomic mass is 16.5. The molecule has 0 spiro atoms. The van der Waals surface area contributed by atoms with Crippen LogP contribution >= 0.6 is 0 Å². The molecule has 104 valence electrons. The summed E-state index contributed by atoms with van der Waals surface area (Å²) in [5.74, 6) is 0.993. The third kappa shape index (κ3) is 2.34. The SMILES string of the molecule is COc1cc(-c2nc3ccccc3o2)ccc1C(C)C#N. The molecule has 0 N–H and O–H groups in total. The fraction of sp³-hybridized carbons (Fsp3) is 0.176. The molecule has 0 aliphatic carbocycles. The molecule has 0 saturated carbocycles. The normalized spacial score (nSPS) is 12.0. The van der Waals surface area contributed by atoms with Crippen molar-refractivity contribution in [3.8, 4) is 23.3 Å². The van der Waals surface area contributed by atoms with E-state index in [1.54, 1.807) is 7.11 Å². The Balaban J connectivity index is 2.08. The van der Waals surface area contributed by atoms with E-state index in [-0.39, 0.29) is 5.92 Å². The van der Waals surface area contributed by atoms with E-state index in [2.05, 4.69) is 11.1 Å². The standard InChI is InChI=1S/C17H14N2O2/c1-11(10-18)13-8-7-12(9-16(13)20-2)17-19-14-5-3-4-6-15(14)21-17/h3-9,11H,1-2H3. The number of nitriles is 1. The summed E-state index contributed by atoms with van der Waals surface area (Å²) in [4.78, 5) is 4.47. The molecule has 0 aliphatic heterocycles. The van der Waals surface area contributed by atoms with Gasteiger partial charge in [0.15, 0.2) is 5.58 Å². The highest BCUT2D eigenvalue weighted by Gasteiger charge is 2.14. The summed E-state index contributed by atoms with van der Waals surface area (Å²) in [5, 5.41) is 9.05. The number of nitrogens with zero attached hydrogens (tertiary/aromatic N) is 2. The molecule has 1 unspecified atom stereocenters. The first-order valence-electron chi connectivity index (χ1n) is 6.66. The Hall–Kier alpha value is -2.80. The number of aromatic nitrogens is 1. The maximum absolute atomic E-state index is 9.05. The van der Waals surface area contributed by atoms with Crippen molar-refractivity contribution in [2.45, 2.75) is 12.8 Å². The Morgan fingerprint density at radius 1 is 1.24 bits per heavy atom. The van der Waals surface area contributed by atoms with E-state index in [0.29, 0.717) is 11.6 Å². The molecule has 0 amide bonds. The molecule has 1 aromatic heterocycles. The van der Waals surface area contributed by atoms with Gasteiger partial charge in [0, 0.05) is 11.1 Å². The molecule has 0 radical (unpaired) electrons. The second-order valence-electron chi connectivity index (χ2n) is 4.79. The Morgan fingerprint density at radius 3 is 2.76 bits per heavy atom. The van der Waals surface area contributed by atoms with E-state index in [0.717, 1.165) is 22.2 Å².